The van der Waals surface area contributed by atoms with E-state index >= 15 is 0 Å². The van der Waals surface area contributed by atoms with E-state index in [-0.39, 0.29) is 41.3 Å². The molecule has 10 nitrogen and oxygen atoms in total. The van der Waals surface area contributed by atoms with Crippen LogP contribution in [0.3, 0.4) is 0 Å². The molecule has 1 aromatic heterocycles. The van der Waals surface area contributed by atoms with Crippen molar-refractivity contribution >= 4 is 40.7 Å². The molecule has 0 atom stereocenters. The molecular formula is C28H26ClF3N6O4. The van der Waals surface area contributed by atoms with Crippen LogP contribution >= 0.6 is 11.6 Å². The van der Waals surface area contributed by atoms with E-state index in [2.05, 4.69) is 10.4 Å². The fourth-order valence-corrected chi connectivity index (χ4v) is 4.55. The van der Waals surface area contributed by atoms with Crippen LogP contribution in [0.2, 0.25) is 5.02 Å². The van der Waals surface area contributed by atoms with Crippen molar-refractivity contribution < 1.29 is 32.3 Å². The van der Waals surface area contributed by atoms with E-state index in [4.69, 9.17) is 16.3 Å². The van der Waals surface area contributed by atoms with Crippen molar-refractivity contribution in [2.45, 2.75) is 25.6 Å². The largest absolute Gasteiger partial charge is 0.495 e. The number of anilines is 2. The van der Waals surface area contributed by atoms with E-state index < -0.39 is 28.6 Å². The van der Waals surface area contributed by atoms with Gasteiger partial charge in [-0.05, 0) is 49.2 Å². The number of nitriles is 1. The third-order valence-corrected chi connectivity index (χ3v) is 6.90. The van der Waals surface area contributed by atoms with Gasteiger partial charge in [0.1, 0.15) is 17.5 Å². The second kappa shape index (κ2) is 12.1. The number of alkyl halides is 3. The molecule has 2 heterocycles. The quantitative estimate of drug-likeness (QED) is 0.446. The lowest BCUT2D eigenvalue weighted by Gasteiger charge is -2.28. The van der Waals surface area contributed by atoms with Crippen LogP contribution in [0.1, 0.15) is 44.8 Å². The molecule has 0 bridgehead atoms. The first kappa shape index (κ1) is 30.4. The Morgan fingerprint density at radius 3 is 2.43 bits per heavy atom. The summed E-state index contributed by atoms with van der Waals surface area (Å²) in [5.74, 6) is -0.169. The van der Waals surface area contributed by atoms with Crippen LogP contribution in [0.15, 0.2) is 42.6 Å². The molecule has 3 aromatic rings. The van der Waals surface area contributed by atoms with Crippen LogP contribution in [0, 0.1) is 17.2 Å². The Labute approximate surface area is 244 Å². The highest BCUT2D eigenvalue weighted by atomic mass is 35.5. The molecule has 1 saturated carbocycles. The van der Waals surface area contributed by atoms with Crippen molar-refractivity contribution in [1.82, 2.24) is 14.7 Å². The van der Waals surface area contributed by atoms with Crippen molar-refractivity contribution in [3.05, 3.63) is 70.0 Å². The number of amides is 3. The zero-order chi connectivity index (χ0) is 30.8. The molecule has 14 heteroatoms. The first-order valence-electron chi connectivity index (χ1n) is 12.7. The highest BCUT2D eigenvalue weighted by molar-refractivity contribution is 6.31. The zero-order valence-corrected chi connectivity index (χ0v) is 23.6. The van der Waals surface area contributed by atoms with Gasteiger partial charge in [-0.25, -0.2) is 0 Å². The second-order valence-corrected chi connectivity index (χ2v) is 10.1. The van der Waals surface area contributed by atoms with Crippen LogP contribution in [0.4, 0.5) is 24.5 Å². The Kier molecular flexibility index (Phi) is 8.77. The minimum absolute atomic E-state index is 0.0599. The molecule has 1 N–H and O–H groups in total. The van der Waals surface area contributed by atoms with Gasteiger partial charge < -0.3 is 19.9 Å². The monoisotopic (exact) mass is 602 g/mol. The lowest BCUT2D eigenvalue weighted by molar-refractivity contribution is -0.137. The number of halogens is 4. The minimum Gasteiger partial charge on any atom is -0.495 e. The van der Waals surface area contributed by atoms with Gasteiger partial charge in [0, 0.05) is 37.8 Å². The molecule has 0 radical (unpaired) electrons. The predicted molar refractivity (Wildman–Crippen MR) is 147 cm³/mol. The summed E-state index contributed by atoms with van der Waals surface area (Å²) in [5, 5.41) is 15.4. The Morgan fingerprint density at radius 1 is 1.17 bits per heavy atom. The average molecular weight is 603 g/mol. The van der Waals surface area contributed by atoms with Gasteiger partial charge in [-0.3, -0.25) is 19.1 Å². The summed E-state index contributed by atoms with van der Waals surface area (Å²) in [6.07, 6.45) is -1.10. The summed E-state index contributed by atoms with van der Waals surface area (Å²) < 4.78 is 45.5. The number of methoxy groups -OCH3 is 1. The maximum absolute atomic E-state index is 13.2. The van der Waals surface area contributed by atoms with E-state index in [1.165, 1.54) is 41.1 Å². The number of rotatable bonds is 5. The third-order valence-electron chi connectivity index (χ3n) is 6.59. The van der Waals surface area contributed by atoms with Crippen LogP contribution in [0.5, 0.6) is 5.75 Å². The van der Waals surface area contributed by atoms with Gasteiger partial charge in [0.2, 0.25) is 5.91 Å². The molecule has 0 saturated heterocycles. The van der Waals surface area contributed by atoms with Crippen molar-refractivity contribution in [3.63, 3.8) is 0 Å². The summed E-state index contributed by atoms with van der Waals surface area (Å²) in [6.45, 7) is 0.392. The van der Waals surface area contributed by atoms with E-state index in [0.717, 1.165) is 31.0 Å². The maximum atomic E-state index is 13.2. The van der Waals surface area contributed by atoms with Gasteiger partial charge in [0.15, 0.2) is 0 Å². The summed E-state index contributed by atoms with van der Waals surface area (Å²) in [4.78, 5) is 39.7. The summed E-state index contributed by atoms with van der Waals surface area (Å²) >= 11 is 5.81. The minimum atomic E-state index is -4.62. The SMILES string of the molecule is CN(C)C(=O)C1CC1.COc1ccc(C(=O)Nc2cnn3c2C(=O)N(c2ccc(C(F)(F)F)c(Cl)c2)CC3)cc1C#N. The number of hydrogen-bond acceptors (Lipinski definition) is 6. The summed E-state index contributed by atoms with van der Waals surface area (Å²) in [7, 11) is 5.01. The molecule has 1 aliphatic carbocycles. The van der Waals surface area contributed by atoms with Gasteiger partial charge in [0.25, 0.3) is 11.8 Å². The third kappa shape index (κ3) is 6.49. The normalized spacial score (nSPS) is 14.2. The Hall–Kier alpha value is -4.57. The number of fused-ring (bicyclic) bond motifs is 1. The van der Waals surface area contributed by atoms with Crippen molar-refractivity contribution in [2.75, 3.05) is 38.0 Å². The number of carbonyl (C=O) groups is 3. The summed E-state index contributed by atoms with van der Waals surface area (Å²) in [5.41, 5.74) is -0.324. The lowest BCUT2D eigenvalue weighted by atomic mass is 10.1. The molecule has 3 amide bonds. The summed E-state index contributed by atoms with van der Waals surface area (Å²) in [6, 6.07) is 9.28. The van der Waals surface area contributed by atoms with E-state index in [1.54, 1.807) is 19.0 Å². The second-order valence-electron chi connectivity index (χ2n) is 9.74. The van der Waals surface area contributed by atoms with Crippen molar-refractivity contribution in [3.8, 4) is 11.8 Å². The fourth-order valence-electron chi connectivity index (χ4n) is 4.27. The number of carbonyl (C=O) groups excluding carboxylic acids is 3. The molecule has 220 valence electrons. The van der Waals surface area contributed by atoms with E-state index in [0.29, 0.717) is 17.6 Å². The Morgan fingerprint density at radius 2 is 1.88 bits per heavy atom. The topological polar surface area (TPSA) is 121 Å². The molecule has 0 spiro atoms. The van der Waals surface area contributed by atoms with Crippen LogP contribution < -0.4 is 15.0 Å². The van der Waals surface area contributed by atoms with Gasteiger partial charge in [-0.1, -0.05) is 11.6 Å². The Balaban J connectivity index is 0.000000437. The van der Waals surface area contributed by atoms with E-state index in [9.17, 15) is 32.8 Å². The van der Waals surface area contributed by atoms with Gasteiger partial charge in [-0.15, -0.1) is 0 Å². The highest BCUT2D eigenvalue weighted by Gasteiger charge is 2.35. The number of aromatic nitrogens is 2. The molecule has 1 aliphatic heterocycles. The average Bonchev–Trinajstić information content (AvgIpc) is 3.72. The van der Waals surface area contributed by atoms with Crippen molar-refractivity contribution in [1.29, 1.82) is 5.26 Å². The molecule has 42 heavy (non-hydrogen) atoms. The fraction of sp³-hybridized carbons (Fsp3) is 0.321. The number of hydrogen-bond donors (Lipinski definition) is 1. The van der Waals surface area contributed by atoms with Crippen LogP contribution in [-0.4, -0.2) is 60.2 Å². The first-order valence-corrected chi connectivity index (χ1v) is 13.1. The molecule has 0 unspecified atom stereocenters. The zero-order valence-electron chi connectivity index (χ0n) is 22.8. The lowest BCUT2D eigenvalue weighted by Crippen LogP contribution is -2.41. The first-order chi connectivity index (χ1) is 19.8. The maximum Gasteiger partial charge on any atom is 0.417 e. The Bertz CT molecular complexity index is 1570. The number of nitrogens with zero attached hydrogens (tertiary/aromatic N) is 5. The predicted octanol–water partition coefficient (Wildman–Crippen LogP) is 4.83. The van der Waals surface area contributed by atoms with E-state index in [1.807, 2.05) is 6.07 Å². The number of benzene rings is 2. The molecule has 5 rings (SSSR count). The molecule has 2 aromatic carbocycles. The van der Waals surface area contributed by atoms with Gasteiger partial charge in [-0.2, -0.15) is 23.5 Å². The molecule has 1 fully saturated rings. The number of nitrogens with one attached hydrogen (secondary N) is 1. The standard InChI is InChI=1S/C22H15ClF3N5O3.C6H11NO/c1-34-18-5-2-12(8-13(18)10-27)20(32)29-17-11-28-31-7-6-30(21(33)19(17)31)14-3-4-15(16(23)9-14)22(24,25)26;1-7(2)6(8)5-3-4-5/h2-5,8-9,11H,6-7H2,1H3,(H,29,32);5H,3-4H2,1-2H3. The smallest absolute Gasteiger partial charge is 0.417 e. The van der Waals surface area contributed by atoms with Gasteiger partial charge >= 0.3 is 6.18 Å². The highest BCUT2D eigenvalue weighted by Crippen LogP contribution is 2.37. The molecule has 2 aliphatic rings. The molecular weight excluding hydrogens is 577 g/mol. The number of ether oxygens (including phenoxy) is 1. The van der Waals surface area contributed by atoms with Crippen LogP contribution in [-0.2, 0) is 17.5 Å². The van der Waals surface area contributed by atoms with Crippen molar-refractivity contribution in [2.24, 2.45) is 5.92 Å². The van der Waals surface area contributed by atoms with Crippen LogP contribution in [0.25, 0.3) is 0 Å². The van der Waals surface area contributed by atoms with Gasteiger partial charge in [0.05, 0.1) is 41.7 Å².